The Bertz CT molecular complexity index is 1290. The number of hydrogen-bond donors (Lipinski definition) is 0. The lowest BCUT2D eigenvalue weighted by atomic mass is 10.0. The lowest BCUT2D eigenvalue weighted by Gasteiger charge is -2.15. The Morgan fingerprint density at radius 2 is 1.88 bits per heavy atom. The molecule has 1 aromatic carbocycles. The number of benzene rings is 1. The molecule has 1 aliphatic carbocycles. The van der Waals surface area contributed by atoms with Gasteiger partial charge in [0.2, 0.25) is 0 Å². The molecule has 1 saturated carbocycles. The Morgan fingerprint density at radius 3 is 2.62 bits per heavy atom. The molecule has 6 rings (SSSR count). The highest BCUT2D eigenvalue weighted by molar-refractivity contribution is 6.09. The van der Waals surface area contributed by atoms with Gasteiger partial charge in [-0.25, -0.2) is 9.97 Å². The fourth-order valence-corrected chi connectivity index (χ4v) is 3.97. The monoisotopic (exact) mass is 427 g/mol. The van der Waals surface area contributed by atoms with Crippen molar-refractivity contribution in [2.45, 2.75) is 39.3 Å². The Labute approximate surface area is 186 Å². The van der Waals surface area contributed by atoms with Crippen LogP contribution in [0.5, 0.6) is 0 Å². The molecule has 0 atom stereocenters. The van der Waals surface area contributed by atoms with Gasteiger partial charge in [-0.1, -0.05) is 26.0 Å². The second kappa shape index (κ2) is 8.03. The summed E-state index contributed by atoms with van der Waals surface area (Å²) in [5.41, 5.74) is 4.32. The molecule has 8 heteroatoms. The standard InChI is InChI=1S/C22H19N7O.C2H6/c1-27-11-19(23-12-27)14-5-8-17-15(9-14)10-28(22(17)30)20-4-2-3-18(25-20)21-26-24-13-29(21)16-6-7-16;1-2/h2-5,8-9,11-13,16H,6-7,10H2,1H3;1-2H3. The maximum atomic E-state index is 13.1. The quantitative estimate of drug-likeness (QED) is 0.486. The number of aryl methyl sites for hydroxylation is 1. The number of aromatic nitrogens is 6. The number of rotatable bonds is 4. The molecule has 0 radical (unpaired) electrons. The maximum absolute atomic E-state index is 13.1. The highest BCUT2D eigenvalue weighted by Gasteiger charge is 2.31. The van der Waals surface area contributed by atoms with Crippen LogP contribution in [0.3, 0.4) is 0 Å². The molecular formula is C24H25N7O. The van der Waals surface area contributed by atoms with Crippen molar-refractivity contribution in [2.24, 2.45) is 7.05 Å². The van der Waals surface area contributed by atoms with Gasteiger partial charge in [-0.2, -0.15) is 0 Å². The van der Waals surface area contributed by atoms with E-state index in [9.17, 15) is 4.79 Å². The first-order chi connectivity index (χ1) is 15.7. The Kier molecular flexibility index (Phi) is 5.05. The van der Waals surface area contributed by atoms with Crippen molar-refractivity contribution in [3.8, 4) is 22.8 Å². The third-order valence-electron chi connectivity index (χ3n) is 5.66. The summed E-state index contributed by atoms with van der Waals surface area (Å²) in [7, 11) is 1.94. The second-order valence-electron chi connectivity index (χ2n) is 7.86. The summed E-state index contributed by atoms with van der Waals surface area (Å²) in [6.45, 7) is 4.49. The van der Waals surface area contributed by atoms with E-state index in [1.54, 1.807) is 17.6 Å². The molecule has 4 heterocycles. The van der Waals surface area contributed by atoms with Crippen LogP contribution in [0.4, 0.5) is 5.82 Å². The zero-order valence-electron chi connectivity index (χ0n) is 18.4. The minimum absolute atomic E-state index is 0.0362. The number of carbonyl (C=O) groups excluding carboxylic acids is 1. The van der Waals surface area contributed by atoms with Crippen LogP contribution in [0.25, 0.3) is 22.8 Å². The summed E-state index contributed by atoms with van der Waals surface area (Å²) < 4.78 is 3.99. The van der Waals surface area contributed by atoms with Gasteiger partial charge < -0.3 is 9.13 Å². The molecule has 2 aliphatic rings. The maximum Gasteiger partial charge on any atom is 0.260 e. The summed E-state index contributed by atoms with van der Waals surface area (Å²) >= 11 is 0. The van der Waals surface area contributed by atoms with Crippen molar-refractivity contribution in [3.05, 3.63) is 66.4 Å². The first-order valence-corrected chi connectivity index (χ1v) is 11.0. The average molecular weight is 428 g/mol. The van der Waals surface area contributed by atoms with Gasteiger partial charge in [0.1, 0.15) is 17.8 Å². The van der Waals surface area contributed by atoms with E-state index in [0.717, 1.165) is 41.2 Å². The van der Waals surface area contributed by atoms with Crippen LogP contribution >= 0.6 is 0 Å². The minimum Gasteiger partial charge on any atom is -0.340 e. The SMILES string of the molecule is CC.Cn1cnc(-c2ccc3c(c2)CN(c2cccc(-c4nncn4C4CC4)n2)C3=O)c1. The van der Waals surface area contributed by atoms with E-state index in [1.165, 1.54) is 0 Å². The largest absolute Gasteiger partial charge is 0.340 e. The predicted molar refractivity (Wildman–Crippen MR) is 122 cm³/mol. The lowest BCUT2D eigenvalue weighted by molar-refractivity contribution is 0.0996. The Hall–Kier alpha value is -3.81. The van der Waals surface area contributed by atoms with Crippen molar-refractivity contribution < 1.29 is 4.79 Å². The van der Waals surface area contributed by atoms with Crippen molar-refractivity contribution >= 4 is 11.7 Å². The number of imidazole rings is 1. The van der Waals surface area contributed by atoms with Crippen LogP contribution in [0, 0.1) is 0 Å². The van der Waals surface area contributed by atoms with E-state index in [-0.39, 0.29) is 5.91 Å². The van der Waals surface area contributed by atoms with Gasteiger partial charge in [0, 0.05) is 30.4 Å². The third kappa shape index (κ3) is 3.47. The molecular weight excluding hydrogens is 402 g/mol. The topological polar surface area (TPSA) is 81.7 Å². The van der Waals surface area contributed by atoms with Gasteiger partial charge in [0.05, 0.1) is 18.6 Å². The summed E-state index contributed by atoms with van der Waals surface area (Å²) in [6, 6.07) is 12.0. The smallest absolute Gasteiger partial charge is 0.260 e. The molecule has 0 saturated heterocycles. The summed E-state index contributed by atoms with van der Waals surface area (Å²) in [5, 5.41) is 8.32. The number of fused-ring (bicyclic) bond motifs is 1. The summed E-state index contributed by atoms with van der Waals surface area (Å²) in [5.74, 6) is 1.34. The molecule has 1 aliphatic heterocycles. The number of pyridine rings is 1. The van der Waals surface area contributed by atoms with Gasteiger partial charge >= 0.3 is 0 Å². The number of anilines is 1. The zero-order valence-corrected chi connectivity index (χ0v) is 18.4. The highest BCUT2D eigenvalue weighted by atomic mass is 16.2. The highest BCUT2D eigenvalue weighted by Crippen LogP contribution is 2.37. The number of hydrogen-bond acceptors (Lipinski definition) is 5. The van der Waals surface area contributed by atoms with Gasteiger partial charge in [-0.3, -0.25) is 9.69 Å². The average Bonchev–Trinajstić information content (AvgIpc) is 3.24. The normalized spacial score (nSPS) is 14.8. The van der Waals surface area contributed by atoms with Crippen molar-refractivity contribution in [2.75, 3.05) is 4.90 Å². The number of nitrogens with zero attached hydrogens (tertiary/aromatic N) is 7. The Morgan fingerprint density at radius 1 is 1.03 bits per heavy atom. The minimum atomic E-state index is -0.0362. The van der Waals surface area contributed by atoms with Crippen LogP contribution in [-0.4, -0.2) is 35.2 Å². The molecule has 1 fully saturated rings. The van der Waals surface area contributed by atoms with E-state index >= 15 is 0 Å². The number of amides is 1. The van der Waals surface area contributed by atoms with Crippen LogP contribution in [0.1, 0.15) is 48.7 Å². The second-order valence-corrected chi connectivity index (χ2v) is 7.86. The van der Waals surface area contributed by atoms with Crippen LogP contribution < -0.4 is 4.90 Å². The number of carbonyl (C=O) groups is 1. The molecule has 8 nitrogen and oxygen atoms in total. The fraction of sp³-hybridized carbons (Fsp3) is 0.292. The summed E-state index contributed by atoms with van der Waals surface area (Å²) in [4.78, 5) is 23.9. The first-order valence-electron chi connectivity index (χ1n) is 11.0. The fourth-order valence-electron chi connectivity index (χ4n) is 3.97. The first kappa shape index (κ1) is 20.1. The van der Waals surface area contributed by atoms with Crippen molar-refractivity contribution in [1.82, 2.24) is 29.3 Å². The predicted octanol–water partition coefficient (Wildman–Crippen LogP) is 4.26. The third-order valence-corrected chi connectivity index (χ3v) is 5.66. The van der Waals surface area contributed by atoms with Crippen molar-refractivity contribution in [1.29, 1.82) is 0 Å². The van der Waals surface area contributed by atoms with E-state index in [4.69, 9.17) is 4.98 Å². The molecule has 0 N–H and O–H groups in total. The molecule has 4 aromatic rings. The van der Waals surface area contributed by atoms with Gasteiger partial charge in [0.25, 0.3) is 5.91 Å². The van der Waals surface area contributed by atoms with Crippen LogP contribution in [-0.2, 0) is 13.6 Å². The van der Waals surface area contributed by atoms with E-state index in [0.29, 0.717) is 24.0 Å². The van der Waals surface area contributed by atoms with E-state index < -0.39 is 0 Å². The van der Waals surface area contributed by atoms with Gasteiger partial charge in [-0.05, 0) is 42.7 Å². The van der Waals surface area contributed by atoms with Crippen LogP contribution in [0.15, 0.2) is 55.2 Å². The van der Waals surface area contributed by atoms with E-state index in [2.05, 4.69) is 19.7 Å². The molecule has 0 unspecified atom stereocenters. The molecule has 0 bridgehead atoms. The molecule has 1 amide bonds. The van der Waals surface area contributed by atoms with E-state index in [1.807, 2.05) is 68.1 Å². The molecule has 0 spiro atoms. The van der Waals surface area contributed by atoms with Gasteiger partial charge in [0.15, 0.2) is 5.82 Å². The summed E-state index contributed by atoms with van der Waals surface area (Å²) in [6.07, 6.45) is 7.79. The molecule has 3 aromatic heterocycles. The lowest BCUT2D eigenvalue weighted by Crippen LogP contribution is -2.24. The molecule has 32 heavy (non-hydrogen) atoms. The zero-order chi connectivity index (χ0) is 22.2. The Balaban J connectivity index is 0.00000105. The molecule has 162 valence electrons. The van der Waals surface area contributed by atoms with Crippen LogP contribution in [0.2, 0.25) is 0 Å². The van der Waals surface area contributed by atoms with Gasteiger partial charge in [-0.15, -0.1) is 10.2 Å². The van der Waals surface area contributed by atoms with Crippen molar-refractivity contribution in [3.63, 3.8) is 0 Å².